The van der Waals surface area contributed by atoms with Gasteiger partial charge in [0.15, 0.2) is 17.4 Å². The zero-order valence-corrected chi connectivity index (χ0v) is 10.6. The topological polar surface area (TPSA) is 66.8 Å². The first-order chi connectivity index (χ1) is 9.95. The first-order valence-electron chi connectivity index (χ1n) is 6.16. The number of rotatable bonds is 1. The number of fused-ring (bicyclic) bond motifs is 1. The van der Waals surface area contributed by atoms with E-state index in [0.717, 1.165) is 18.2 Å². The number of halogens is 2. The fourth-order valence-electron chi connectivity index (χ4n) is 2.32. The number of ketones is 1. The predicted molar refractivity (Wildman–Crippen MR) is 68.4 cm³/mol. The first kappa shape index (κ1) is 13.4. The molecule has 6 heteroatoms. The lowest BCUT2D eigenvalue weighted by atomic mass is 9.95. The highest BCUT2D eigenvalue weighted by molar-refractivity contribution is 6.02. The third-order valence-electron chi connectivity index (χ3n) is 3.30. The van der Waals surface area contributed by atoms with Crippen LogP contribution >= 0.6 is 0 Å². The fraction of sp³-hybridized carbons (Fsp3) is 0.133. The number of Topliss-reactive ketones (excluding diaryl/α,β-unsaturated/α-hetero) is 1. The van der Waals surface area contributed by atoms with Crippen molar-refractivity contribution < 1.29 is 28.5 Å². The second-order valence-corrected chi connectivity index (χ2v) is 4.75. The summed E-state index contributed by atoms with van der Waals surface area (Å²) in [4.78, 5) is 12.1. The molecule has 1 atom stereocenters. The van der Waals surface area contributed by atoms with Crippen molar-refractivity contribution in [1.82, 2.24) is 0 Å². The smallest absolute Gasteiger partial charge is 0.174 e. The number of ether oxygens (including phenoxy) is 1. The van der Waals surface area contributed by atoms with Gasteiger partial charge in [-0.3, -0.25) is 4.79 Å². The number of carbonyl (C=O) groups excluding carboxylic acids is 1. The van der Waals surface area contributed by atoms with E-state index in [4.69, 9.17) is 4.74 Å². The summed E-state index contributed by atoms with van der Waals surface area (Å²) in [7, 11) is 0. The van der Waals surface area contributed by atoms with E-state index in [1.54, 1.807) is 0 Å². The maximum Gasteiger partial charge on any atom is 0.174 e. The third kappa shape index (κ3) is 2.29. The van der Waals surface area contributed by atoms with Crippen LogP contribution in [-0.4, -0.2) is 16.0 Å². The monoisotopic (exact) mass is 292 g/mol. The van der Waals surface area contributed by atoms with Gasteiger partial charge in [-0.1, -0.05) is 6.07 Å². The number of phenolic OH excluding ortho intramolecular Hbond substituents is 2. The molecular weight excluding hydrogens is 282 g/mol. The second-order valence-electron chi connectivity index (χ2n) is 4.75. The molecule has 4 nitrogen and oxygen atoms in total. The van der Waals surface area contributed by atoms with E-state index in [-0.39, 0.29) is 29.2 Å². The molecule has 1 aliphatic rings. The Morgan fingerprint density at radius 2 is 1.86 bits per heavy atom. The maximum atomic E-state index is 13.3. The Balaban J connectivity index is 2.01. The minimum atomic E-state index is -1.03. The van der Waals surface area contributed by atoms with E-state index in [1.807, 2.05) is 0 Å². The Labute approximate surface area is 118 Å². The molecule has 0 radical (unpaired) electrons. The van der Waals surface area contributed by atoms with Crippen LogP contribution in [0.15, 0.2) is 30.3 Å². The predicted octanol–water partition coefficient (Wildman–Crippen LogP) is 3.08. The Kier molecular flexibility index (Phi) is 3.01. The molecule has 21 heavy (non-hydrogen) atoms. The van der Waals surface area contributed by atoms with Gasteiger partial charge in [0.1, 0.15) is 28.9 Å². The van der Waals surface area contributed by atoms with Crippen LogP contribution < -0.4 is 4.74 Å². The normalized spacial score (nSPS) is 17.2. The summed E-state index contributed by atoms with van der Waals surface area (Å²) in [5, 5.41) is 19.1. The van der Waals surface area contributed by atoms with Crippen LogP contribution in [0.4, 0.5) is 8.78 Å². The summed E-state index contributed by atoms with van der Waals surface area (Å²) in [6.45, 7) is 0. The molecule has 1 unspecified atom stereocenters. The Morgan fingerprint density at radius 3 is 2.57 bits per heavy atom. The molecule has 2 aromatic rings. The molecule has 0 fully saturated rings. The van der Waals surface area contributed by atoms with Crippen LogP contribution in [0.1, 0.15) is 28.4 Å². The van der Waals surface area contributed by atoms with Crippen LogP contribution in [0, 0.1) is 11.6 Å². The number of hydrogen-bond acceptors (Lipinski definition) is 4. The Morgan fingerprint density at radius 1 is 1.10 bits per heavy atom. The van der Waals surface area contributed by atoms with Crippen LogP contribution in [-0.2, 0) is 0 Å². The molecule has 1 aliphatic heterocycles. The maximum absolute atomic E-state index is 13.3. The highest BCUT2D eigenvalue weighted by Gasteiger charge is 2.31. The van der Waals surface area contributed by atoms with Crippen molar-refractivity contribution in [2.75, 3.05) is 0 Å². The van der Waals surface area contributed by atoms with Crippen molar-refractivity contribution in [1.29, 1.82) is 0 Å². The zero-order chi connectivity index (χ0) is 15.1. The minimum absolute atomic E-state index is 0.0125. The van der Waals surface area contributed by atoms with Gasteiger partial charge in [-0.2, -0.15) is 0 Å². The highest BCUT2D eigenvalue weighted by Crippen LogP contribution is 2.41. The van der Waals surface area contributed by atoms with Crippen molar-refractivity contribution in [2.45, 2.75) is 12.5 Å². The molecule has 0 bridgehead atoms. The molecule has 2 N–H and O–H groups in total. The molecule has 1 heterocycles. The Bertz CT molecular complexity index is 743. The standard InChI is InChI=1S/C15H10F2O4/c16-9-2-1-7(3-10(9)17)13-6-12(20)15-11(19)4-8(18)5-14(15)21-13/h1-5,13,18-19H,6H2. The molecule has 2 aromatic carbocycles. The van der Waals surface area contributed by atoms with Crippen LogP contribution in [0.25, 0.3) is 0 Å². The van der Waals surface area contributed by atoms with E-state index in [2.05, 4.69) is 0 Å². The number of carbonyl (C=O) groups is 1. The van der Waals surface area contributed by atoms with Gasteiger partial charge >= 0.3 is 0 Å². The van der Waals surface area contributed by atoms with Gasteiger partial charge in [0.2, 0.25) is 0 Å². The quantitative estimate of drug-likeness (QED) is 0.847. The molecule has 3 rings (SSSR count). The first-order valence-corrected chi connectivity index (χ1v) is 6.16. The number of benzene rings is 2. The lowest BCUT2D eigenvalue weighted by molar-refractivity contribution is 0.0844. The van der Waals surface area contributed by atoms with Crippen molar-refractivity contribution >= 4 is 5.78 Å². The molecular formula is C15H10F2O4. The SMILES string of the molecule is O=C1CC(c2ccc(F)c(F)c2)Oc2cc(O)cc(O)c21. The average molecular weight is 292 g/mol. The van der Waals surface area contributed by atoms with Gasteiger partial charge < -0.3 is 14.9 Å². The molecule has 0 spiro atoms. The van der Waals surface area contributed by atoms with Crippen LogP contribution in [0.5, 0.6) is 17.2 Å². The minimum Gasteiger partial charge on any atom is -0.508 e. The van der Waals surface area contributed by atoms with E-state index in [9.17, 15) is 23.8 Å². The lowest BCUT2D eigenvalue weighted by Crippen LogP contribution is -2.20. The van der Waals surface area contributed by atoms with Crippen molar-refractivity contribution in [3.8, 4) is 17.2 Å². The molecule has 0 amide bonds. The van der Waals surface area contributed by atoms with E-state index in [1.165, 1.54) is 12.1 Å². The van der Waals surface area contributed by atoms with E-state index in [0.29, 0.717) is 5.56 Å². The molecule has 0 saturated carbocycles. The van der Waals surface area contributed by atoms with E-state index >= 15 is 0 Å². The fourth-order valence-corrected chi connectivity index (χ4v) is 2.32. The number of hydrogen-bond donors (Lipinski definition) is 2. The third-order valence-corrected chi connectivity index (χ3v) is 3.30. The largest absolute Gasteiger partial charge is 0.508 e. The van der Waals surface area contributed by atoms with Gasteiger partial charge in [0.05, 0.1) is 6.42 Å². The second kappa shape index (κ2) is 4.73. The summed E-state index contributed by atoms with van der Waals surface area (Å²) < 4.78 is 31.7. The molecule has 0 aliphatic carbocycles. The van der Waals surface area contributed by atoms with Crippen LogP contribution in [0.2, 0.25) is 0 Å². The summed E-state index contributed by atoms with van der Waals surface area (Å²) in [6, 6.07) is 5.47. The summed E-state index contributed by atoms with van der Waals surface area (Å²) in [5.41, 5.74) is 0.280. The molecule has 0 saturated heterocycles. The number of aromatic hydroxyl groups is 2. The van der Waals surface area contributed by atoms with Gasteiger partial charge in [0.25, 0.3) is 0 Å². The average Bonchev–Trinajstić information content (AvgIpc) is 2.40. The summed E-state index contributed by atoms with van der Waals surface area (Å²) in [6.07, 6.45) is -0.919. The lowest BCUT2D eigenvalue weighted by Gasteiger charge is -2.26. The van der Waals surface area contributed by atoms with Gasteiger partial charge in [-0.05, 0) is 17.7 Å². The van der Waals surface area contributed by atoms with Gasteiger partial charge in [-0.15, -0.1) is 0 Å². The van der Waals surface area contributed by atoms with Crippen molar-refractivity contribution in [2.24, 2.45) is 0 Å². The highest BCUT2D eigenvalue weighted by atomic mass is 19.2. The zero-order valence-electron chi connectivity index (χ0n) is 10.6. The van der Waals surface area contributed by atoms with Crippen molar-refractivity contribution in [3.63, 3.8) is 0 Å². The Hall–Kier alpha value is -2.63. The van der Waals surface area contributed by atoms with Gasteiger partial charge in [0, 0.05) is 12.1 Å². The van der Waals surface area contributed by atoms with E-state index < -0.39 is 23.5 Å². The van der Waals surface area contributed by atoms with Gasteiger partial charge in [-0.25, -0.2) is 8.78 Å². The van der Waals surface area contributed by atoms with Crippen LogP contribution in [0.3, 0.4) is 0 Å². The number of phenols is 2. The summed E-state index contributed by atoms with van der Waals surface area (Å²) >= 11 is 0. The van der Waals surface area contributed by atoms with Crippen molar-refractivity contribution in [3.05, 3.63) is 53.1 Å². The molecule has 108 valence electrons. The molecule has 0 aromatic heterocycles. The summed E-state index contributed by atoms with van der Waals surface area (Å²) in [5.74, 6) is -3.05.